The number of ether oxygens (including phenoxy) is 1. The summed E-state index contributed by atoms with van der Waals surface area (Å²) in [5.74, 6) is -1.45. The Morgan fingerprint density at radius 2 is 1.84 bits per heavy atom. The summed E-state index contributed by atoms with van der Waals surface area (Å²) >= 11 is 0. The molecule has 4 rings (SSSR count). The molecule has 2 saturated carbocycles. The number of carbonyl (C=O) groups is 2. The van der Waals surface area contributed by atoms with Crippen LogP contribution in [0.15, 0.2) is 24.3 Å². The Bertz CT molecular complexity index is 707. The van der Waals surface area contributed by atoms with E-state index in [2.05, 4.69) is 0 Å². The van der Waals surface area contributed by atoms with Gasteiger partial charge in [0.15, 0.2) is 11.6 Å². The fraction of sp³-hybridized carbons (Fsp3) is 0.579. The number of benzene rings is 1. The van der Waals surface area contributed by atoms with Crippen molar-refractivity contribution in [3.8, 4) is 5.75 Å². The van der Waals surface area contributed by atoms with Crippen LogP contribution in [0.4, 0.5) is 4.39 Å². The van der Waals surface area contributed by atoms with Gasteiger partial charge in [-0.2, -0.15) is 0 Å². The van der Waals surface area contributed by atoms with Gasteiger partial charge in [-0.1, -0.05) is 18.6 Å². The number of para-hydroxylation sites is 1. The van der Waals surface area contributed by atoms with Crippen molar-refractivity contribution >= 4 is 11.9 Å². The van der Waals surface area contributed by atoms with Crippen LogP contribution in [0.3, 0.4) is 0 Å². The number of halogens is 1. The average molecular weight is 347 g/mol. The molecule has 1 amide bonds. The minimum atomic E-state index is -1.48. The van der Waals surface area contributed by atoms with E-state index in [1.54, 1.807) is 11.0 Å². The second-order valence-electron chi connectivity index (χ2n) is 7.63. The van der Waals surface area contributed by atoms with Crippen molar-refractivity contribution < 1.29 is 23.8 Å². The third kappa shape index (κ3) is 2.68. The van der Waals surface area contributed by atoms with Crippen LogP contribution in [-0.2, 0) is 9.59 Å². The van der Waals surface area contributed by atoms with Crippen LogP contribution >= 0.6 is 0 Å². The van der Waals surface area contributed by atoms with Gasteiger partial charge in [-0.25, -0.2) is 9.18 Å². The molecule has 1 aromatic rings. The highest BCUT2D eigenvalue weighted by molar-refractivity contribution is 5.84. The van der Waals surface area contributed by atoms with Crippen molar-refractivity contribution in [1.82, 2.24) is 4.90 Å². The van der Waals surface area contributed by atoms with Crippen molar-refractivity contribution in [2.75, 3.05) is 13.1 Å². The molecule has 1 spiro atoms. The zero-order valence-corrected chi connectivity index (χ0v) is 14.0. The quantitative estimate of drug-likeness (QED) is 0.909. The molecule has 0 aromatic heterocycles. The van der Waals surface area contributed by atoms with Crippen LogP contribution in [0.1, 0.15) is 38.5 Å². The van der Waals surface area contributed by atoms with E-state index in [4.69, 9.17) is 4.74 Å². The zero-order chi connectivity index (χ0) is 17.7. The summed E-state index contributed by atoms with van der Waals surface area (Å²) in [6.07, 6.45) is 4.82. The number of amides is 1. The maximum atomic E-state index is 13.8. The first-order chi connectivity index (χ1) is 12.0. The number of rotatable bonds is 4. The Morgan fingerprint density at radius 3 is 2.36 bits per heavy atom. The maximum absolute atomic E-state index is 13.8. The minimum absolute atomic E-state index is 0.0553. The number of hydrogen-bond acceptors (Lipinski definition) is 3. The molecular weight excluding hydrogens is 325 g/mol. The molecule has 3 aliphatic rings. The lowest BCUT2D eigenvalue weighted by molar-refractivity contribution is -0.162. The smallest absolute Gasteiger partial charge is 0.348 e. The van der Waals surface area contributed by atoms with Gasteiger partial charge in [-0.15, -0.1) is 0 Å². The van der Waals surface area contributed by atoms with Gasteiger partial charge in [0.2, 0.25) is 11.5 Å². The predicted molar refractivity (Wildman–Crippen MR) is 87.6 cm³/mol. The number of carboxylic acids is 1. The highest BCUT2D eigenvalue weighted by atomic mass is 19.1. The molecular formula is C19H22FNO4. The Hall–Kier alpha value is -2.11. The third-order valence-corrected chi connectivity index (χ3v) is 6.25. The lowest BCUT2D eigenvalue weighted by Crippen LogP contribution is -2.54. The van der Waals surface area contributed by atoms with Crippen LogP contribution in [0.2, 0.25) is 0 Å². The fourth-order valence-electron chi connectivity index (χ4n) is 4.29. The van der Waals surface area contributed by atoms with Crippen molar-refractivity contribution in [3.05, 3.63) is 30.1 Å². The van der Waals surface area contributed by atoms with Gasteiger partial charge in [0, 0.05) is 31.8 Å². The van der Waals surface area contributed by atoms with Gasteiger partial charge < -0.3 is 14.7 Å². The molecule has 1 atom stereocenters. The molecule has 6 heteroatoms. The summed E-state index contributed by atoms with van der Waals surface area (Å²) in [5.41, 5.74) is -1.21. The number of piperidine rings is 1. The lowest BCUT2D eigenvalue weighted by atomic mass is 9.79. The van der Waals surface area contributed by atoms with Gasteiger partial charge in [-0.05, 0) is 36.8 Å². The van der Waals surface area contributed by atoms with Gasteiger partial charge in [0.05, 0.1) is 0 Å². The van der Waals surface area contributed by atoms with E-state index in [0.717, 1.165) is 19.3 Å². The van der Waals surface area contributed by atoms with E-state index in [9.17, 15) is 19.1 Å². The van der Waals surface area contributed by atoms with Crippen molar-refractivity contribution in [3.63, 3.8) is 0 Å². The Labute approximate surface area is 145 Å². The summed E-state index contributed by atoms with van der Waals surface area (Å²) in [6, 6.07) is 5.82. The first-order valence-corrected chi connectivity index (χ1v) is 8.92. The molecule has 0 radical (unpaired) electrons. The zero-order valence-electron chi connectivity index (χ0n) is 14.0. The highest BCUT2D eigenvalue weighted by Crippen LogP contribution is 2.66. The first kappa shape index (κ1) is 16.4. The number of likely N-dealkylation sites (tertiary alicyclic amines) is 1. The summed E-state index contributed by atoms with van der Waals surface area (Å²) in [7, 11) is 0. The number of carbonyl (C=O) groups excluding carboxylic acids is 1. The Kier molecular flexibility index (Phi) is 3.74. The summed E-state index contributed by atoms with van der Waals surface area (Å²) in [4.78, 5) is 26.2. The van der Waals surface area contributed by atoms with E-state index < -0.39 is 17.4 Å². The predicted octanol–water partition coefficient (Wildman–Crippen LogP) is 2.84. The van der Waals surface area contributed by atoms with Crippen molar-refractivity contribution in [2.24, 2.45) is 11.3 Å². The van der Waals surface area contributed by atoms with E-state index in [0.29, 0.717) is 13.1 Å². The normalized spacial score (nSPS) is 26.0. The van der Waals surface area contributed by atoms with E-state index >= 15 is 0 Å². The summed E-state index contributed by atoms with van der Waals surface area (Å²) in [5, 5.41) is 9.67. The SMILES string of the molecule is O=C(C1CC12CCC2)N1CCC(Oc2ccccc2F)(C(=O)O)CC1. The molecule has 3 fully saturated rings. The second kappa shape index (κ2) is 5.71. The maximum Gasteiger partial charge on any atom is 0.348 e. The molecule has 2 aliphatic carbocycles. The molecule has 134 valence electrons. The second-order valence-corrected chi connectivity index (χ2v) is 7.63. The van der Waals surface area contributed by atoms with Crippen molar-refractivity contribution in [2.45, 2.75) is 44.1 Å². The van der Waals surface area contributed by atoms with Gasteiger partial charge in [0.1, 0.15) is 0 Å². The van der Waals surface area contributed by atoms with Crippen molar-refractivity contribution in [1.29, 1.82) is 0 Å². The van der Waals surface area contributed by atoms with Crippen LogP contribution in [0, 0.1) is 17.2 Å². The highest BCUT2D eigenvalue weighted by Gasteiger charge is 2.62. The standard InChI is InChI=1S/C19H22FNO4/c20-14-4-1-2-5-15(14)25-19(17(23)24)8-10-21(11-9-19)16(22)13-12-18(13)6-3-7-18/h1-2,4-5,13H,3,6-12H2,(H,23,24). The topological polar surface area (TPSA) is 66.8 Å². The Morgan fingerprint density at radius 1 is 1.16 bits per heavy atom. The number of carboxylic acid groups (broad SMARTS) is 1. The van der Waals surface area contributed by atoms with Gasteiger partial charge in [-0.3, -0.25) is 4.79 Å². The largest absolute Gasteiger partial charge is 0.478 e. The van der Waals surface area contributed by atoms with E-state index in [1.807, 2.05) is 0 Å². The molecule has 1 heterocycles. The van der Waals surface area contributed by atoms with E-state index in [1.165, 1.54) is 24.6 Å². The molecule has 1 unspecified atom stereocenters. The number of hydrogen-bond donors (Lipinski definition) is 1. The molecule has 1 aromatic carbocycles. The Balaban J connectivity index is 1.43. The van der Waals surface area contributed by atoms with Gasteiger partial charge >= 0.3 is 5.97 Å². The average Bonchev–Trinajstić information content (AvgIpc) is 3.33. The molecule has 1 N–H and O–H groups in total. The summed E-state index contributed by atoms with van der Waals surface area (Å²) in [6.45, 7) is 0.679. The van der Waals surface area contributed by atoms with Crippen LogP contribution < -0.4 is 4.74 Å². The molecule has 1 aliphatic heterocycles. The lowest BCUT2D eigenvalue weighted by Gasteiger charge is -2.39. The fourth-order valence-corrected chi connectivity index (χ4v) is 4.29. The monoisotopic (exact) mass is 347 g/mol. The number of aliphatic carboxylic acids is 1. The number of nitrogens with zero attached hydrogens (tertiary/aromatic N) is 1. The van der Waals surface area contributed by atoms with Crippen LogP contribution in [0.25, 0.3) is 0 Å². The molecule has 0 bridgehead atoms. The van der Waals surface area contributed by atoms with E-state index in [-0.39, 0.29) is 35.8 Å². The third-order valence-electron chi connectivity index (χ3n) is 6.25. The van der Waals surface area contributed by atoms with Crippen LogP contribution in [0.5, 0.6) is 5.75 Å². The molecule has 1 saturated heterocycles. The van der Waals surface area contributed by atoms with Gasteiger partial charge in [0.25, 0.3) is 0 Å². The molecule has 5 nitrogen and oxygen atoms in total. The minimum Gasteiger partial charge on any atom is -0.478 e. The first-order valence-electron chi connectivity index (χ1n) is 8.92. The van der Waals surface area contributed by atoms with Crippen LogP contribution in [-0.4, -0.2) is 40.6 Å². The summed E-state index contributed by atoms with van der Waals surface area (Å²) < 4.78 is 19.4. The molecule has 25 heavy (non-hydrogen) atoms.